The molecule has 6 aromatic carbocycles. The van der Waals surface area contributed by atoms with Gasteiger partial charge >= 0.3 is 0 Å². The van der Waals surface area contributed by atoms with Gasteiger partial charge in [0.2, 0.25) is 0 Å². The molecule has 0 amide bonds. The minimum atomic E-state index is -3.40. The van der Waals surface area contributed by atoms with Crippen molar-refractivity contribution >= 4 is 43.8 Å². The van der Waals surface area contributed by atoms with Crippen LogP contribution in [-0.2, 0) is 33.5 Å². The van der Waals surface area contributed by atoms with Gasteiger partial charge in [-0.2, -0.15) is 21.0 Å². The molecule has 0 aliphatic rings. The molecular weight excluding hydrogens is 964 g/mol. The fraction of sp³-hybridized carbons (Fsp3) is 0.310. The number of hydrogen-bond acceptors (Lipinski definition) is 9. The van der Waals surface area contributed by atoms with Crippen molar-refractivity contribution in [3.05, 3.63) is 200 Å². The molecule has 0 aliphatic heterocycles. The van der Waals surface area contributed by atoms with E-state index >= 15 is 0 Å². The molecule has 366 valence electrons. The quantitative estimate of drug-likeness (QED) is 0.0850. The lowest BCUT2D eigenvalue weighted by molar-refractivity contribution is 0.280. The molecule has 0 radical (unpaired) electrons. The van der Waals surface area contributed by atoms with Gasteiger partial charge in [-0.05, 0) is 161 Å². The Morgan fingerprint density at radius 2 is 0.944 bits per heavy atom. The van der Waals surface area contributed by atoms with E-state index in [4.69, 9.17) is 23.2 Å². The van der Waals surface area contributed by atoms with E-state index in [9.17, 15) is 33.7 Å². The van der Waals surface area contributed by atoms with E-state index in [1.807, 2.05) is 143 Å². The summed E-state index contributed by atoms with van der Waals surface area (Å²) in [5.74, 6) is -0.000447. The molecule has 9 nitrogen and oxygen atoms in total. The van der Waals surface area contributed by atoms with E-state index in [-0.39, 0.29) is 34.9 Å². The average Bonchev–Trinajstić information content (AvgIpc) is 3.36. The topological polar surface area (TPSA) is 170 Å². The molecule has 2 N–H and O–H groups in total. The molecule has 6 aromatic rings. The standard InChI is InChI=1S/C29H30ClN3O2S.C29H30ClN3OS/c1-20(33-28(29(2,3)19-32)24-9-6-10-26(17-24)36(4,34)35)27(16-21-11-13-25(30)14-12-21)23-8-5-7-22(15-23)18-31;1-20(33-28(29(2,3)19-32)24-9-6-10-26(17-24)35(4)34)27(16-21-11-13-25(30)14-12-21)23-8-5-7-22(15-23)18-31/h5-15,17,20,27-28,33H,16H2,1-4H3;5-15,17,20,27-28,33H,16H2,1-4H3/t20-,27+,28?;20-,27+,28?,35?/m00/s1. The second-order valence-electron chi connectivity index (χ2n) is 19.2. The van der Waals surface area contributed by atoms with Crippen molar-refractivity contribution in [1.82, 2.24) is 10.6 Å². The Morgan fingerprint density at radius 3 is 1.32 bits per heavy atom. The van der Waals surface area contributed by atoms with Crippen molar-refractivity contribution in [2.45, 2.75) is 100 Å². The smallest absolute Gasteiger partial charge is 0.175 e. The van der Waals surface area contributed by atoms with E-state index in [0.29, 0.717) is 27.6 Å². The first-order valence-electron chi connectivity index (χ1n) is 23.2. The maximum atomic E-state index is 12.2. The van der Waals surface area contributed by atoms with E-state index in [2.05, 4.69) is 48.8 Å². The van der Waals surface area contributed by atoms with E-state index < -0.39 is 37.5 Å². The minimum Gasteiger partial charge on any atom is -0.305 e. The van der Waals surface area contributed by atoms with Gasteiger partial charge in [0.1, 0.15) is 0 Å². The molecule has 0 aromatic heterocycles. The zero-order chi connectivity index (χ0) is 52.1. The maximum absolute atomic E-state index is 12.2. The lowest BCUT2D eigenvalue weighted by Gasteiger charge is -2.36. The Kier molecular flexibility index (Phi) is 19.5. The largest absolute Gasteiger partial charge is 0.305 e. The Morgan fingerprint density at radius 1 is 0.563 bits per heavy atom. The third-order valence-electron chi connectivity index (χ3n) is 12.9. The SMILES string of the molecule is C[C@H](NC(c1cccc(S(C)(=O)=O)c1)C(C)(C)C#N)[C@@H](Cc1ccc(Cl)cc1)c1cccc(C#N)c1.C[C@H](NC(c1cccc(S(C)=O)c1)C(C)(C)C#N)[C@@H](Cc1ccc(Cl)cc1)c1cccc(C#N)c1. The van der Waals surface area contributed by atoms with E-state index in [0.717, 1.165) is 44.7 Å². The summed E-state index contributed by atoms with van der Waals surface area (Å²) in [5.41, 5.74) is 5.58. The summed E-state index contributed by atoms with van der Waals surface area (Å²) < 4.78 is 36.5. The van der Waals surface area contributed by atoms with Crippen LogP contribution in [0.4, 0.5) is 0 Å². The van der Waals surface area contributed by atoms with Crippen LogP contribution < -0.4 is 10.6 Å². The molecule has 0 fully saturated rings. The maximum Gasteiger partial charge on any atom is 0.175 e. The molecule has 0 spiro atoms. The number of nitriles is 4. The van der Waals surface area contributed by atoms with Crippen molar-refractivity contribution in [3.63, 3.8) is 0 Å². The van der Waals surface area contributed by atoms with Crippen LogP contribution in [0.1, 0.15) is 110 Å². The van der Waals surface area contributed by atoms with Crippen LogP contribution in [0.2, 0.25) is 10.0 Å². The summed E-state index contributed by atoms with van der Waals surface area (Å²) in [6, 6.07) is 53.5. The van der Waals surface area contributed by atoms with E-state index in [1.165, 1.54) is 6.26 Å². The third kappa shape index (κ3) is 15.4. The summed E-state index contributed by atoms with van der Waals surface area (Å²) in [4.78, 5) is 0.947. The molecule has 0 saturated heterocycles. The molecule has 7 atom stereocenters. The molecule has 0 bridgehead atoms. The van der Waals surface area contributed by atoms with Gasteiger partial charge in [-0.25, -0.2) is 8.42 Å². The van der Waals surface area contributed by atoms with Gasteiger partial charge in [-0.3, -0.25) is 4.21 Å². The van der Waals surface area contributed by atoms with Crippen molar-refractivity contribution in [3.8, 4) is 24.3 Å². The normalized spacial score (nSPS) is 14.6. The molecule has 0 saturated carbocycles. The average molecular weight is 1020 g/mol. The third-order valence-corrected chi connectivity index (χ3v) is 15.4. The molecule has 3 unspecified atom stereocenters. The van der Waals surface area contributed by atoms with Crippen LogP contribution >= 0.6 is 23.2 Å². The number of rotatable bonds is 18. The Labute approximate surface area is 433 Å². The molecular formula is C58H60Cl2N6O3S2. The lowest BCUT2D eigenvalue weighted by atomic mass is 9.79. The van der Waals surface area contributed by atoms with Gasteiger partial charge in [0.25, 0.3) is 0 Å². The second kappa shape index (κ2) is 24.8. The summed E-state index contributed by atoms with van der Waals surface area (Å²) in [7, 11) is -4.52. The molecule has 6 rings (SSSR count). The summed E-state index contributed by atoms with van der Waals surface area (Å²) >= 11 is 12.2. The zero-order valence-electron chi connectivity index (χ0n) is 41.3. The van der Waals surface area contributed by atoms with Gasteiger partial charge in [0.15, 0.2) is 9.84 Å². The first-order chi connectivity index (χ1) is 33.6. The first kappa shape index (κ1) is 55.8. The predicted octanol–water partition coefficient (Wildman–Crippen LogP) is 12.8. The number of nitrogens with zero attached hydrogens (tertiary/aromatic N) is 4. The fourth-order valence-electron chi connectivity index (χ4n) is 8.72. The van der Waals surface area contributed by atoms with Crippen molar-refractivity contribution in [2.75, 3.05) is 12.5 Å². The Bertz CT molecular complexity index is 3100. The predicted molar refractivity (Wildman–Crippen MR) is 286 cm³/mol. The van der Waals surface area contributed by atoms with Crippen molar-refractivity contribution < 1.29 is 12.6 Å². The van der Waals surface area contributed by atoms with Crippen molar-refractivity contribution in [1.29, 1.82) is 21.0 Å². The Hall–Kier alpha value is -6.12. The van der Waals surface area contributed by atoms with Gasteiger partial charge in [0.05, 0.1) is 63.2 Å². The first-order valence-corrected chi connectivity index (χ1v) is 27.4. The van der Waals surface area contributed by atoms with Crippen LogP contribution in [0, 0.1) is 56.2 Å². The molecule has 13 heteroatoms. The van der Waals surface area contributed by atoms with E-state index in [1.54, 1.807) is 36.6 Å². The lowest BCUT2D eigenvalue weighted by Crippen LogP contribution is -2.42. The summed E-state index contributed by atoms with van der Waals surface area (Å²) in [6.07, 6.45) is 4.25. The fourth-order valence-corrected chi connectivity index (χ4v) is 10.2. The molecule has 0 heterocycles. The molecule has 71 heavy (non-hydrogen) atoms. The number of benzene rings is 6. The summed E-state index contributed by atoms with van der Waals surface area (Å²) in [5, 5.41) is 47.6. The van der Waals surface area contributed by atoms with Gasteiger partial charge in [-0.15, -0.1) is 0 Å². The highest BCUT2D eigenvalue weighted by molar-refractivity contribution is 7.90. The van der Waals surface area contributed by atoms with Crippen molar-refractivity contribution in [2.24, 2.45) is 10.8 Å². The van der Waals surface area contributed by atoms with Gasteiger partial charge in [0, 0.05) is 62.2 Å². The molecule has 0 aliphatic carbocycles. The highest BCUT2D eigenvalue weighted by Gasteiger charge is 2.36. The van der Waals surface area contributed by atoms with Crippen LogP contribution in [0.3, 0.4) is 0 Å². The number of halogens is 2. The number of nitrogens with one attached hydrogen (secondary N) is 2. The monoisotopic (exact) mass is 1020 g/mol. The zero-order valence-corrected chi connectivity index (χ0v) is 44.5. The summed E-state index contributed by atoms with van der Waals surface area (Å²) in [6.45, 7) is 11.7. The van der Waals surface area contributed by atoms with Crippen LogP contribution in [0.25, 0.3) is 0 Å². The number of hydrogen-bond donors (Lipinski definition) is 2. The highest BCUT2D eigenvalue weighted by Crippen LogP contribution is 2.38. The van der Waals surface area contributed by atoms with Crippen LogP contribution in [0.5, 0.6) is 0 Å². The van der Waals surface area contributed by atoms with Crippen LogP contribution in [-0.4, -0.2) is 37.2 Å². The van der Waals surface area contributed by atoms with Gasteiger partial charge < -0.3 is 10.6 Å². The number of sulfone groups is 1. The second-order valence-corrected chi connectivity index (χ2v) is 23.4. The highest BCUT2D eigenvalue weighted by atomic mass is 35.5. The van der Waals surface area contributed by atoms with Gasteiger partial charge in [-0.1, -0.05) is 96.0 Å². The minimum absolute atomic E-state index is 0.0324. The Balaban J connectivity index is 0.000000264. The van der Waals surface area contributed by atoms with Crippen LogP contribution in [0.15, 0.2) is 155 Å².